The van der Waals surface area contributed by atoms with Crippen LogP contribution in [-0.4, -0.2) is 26.2 Å². The molecule has 0 saturated carbocycles. The smallest absolute Gasteiger partial charge is 0.373 e. The molecule has 0 saturated heterocycles. The van der Waals surface area contributed by atoms with Gasteiger partial charge in [0.25, 0.3) is 0 Å². The number of nitrogens with zero attached hydrogens (tertiary/aromatic N) is 12. The van der Waals surface area contributed by atoms with Crippen LogP contribution in [0.1, 0.15) is 0 Å². The third-order valence-electron chi connectivity index (χ3n) is 0.333. The number of nitrogens with two attached hydrogens (primary N) is 4. The molecule has 134 valence electrons. The second kappa shape index (κ2) is 168. The third-order valence-corrected chi connectivity index (χ3v) is 0.333. The minimum Gasteiger partial charge on any atom is -0.373 e. The number of hydrogen-bond acceptors (Lipinski definition) is 4. The van der Waals surface area contributed by atoms with E-state index in [9.17, 15) is 0 Å². The molecule has 0 amide bonds. The normalized spacial score (nSPS) is 4.18. The Kier molecular flexibility index (Phi) is 382. The van der Waals surface area contributed by atoms with E-state index < -0.39 is 0 Å². The molecule has 8 N–H and O–H groups in total. The molecule has 0 aliphatic carbocycles. The van der Waals surface area contributed by atoms with Crippen LogP contribution in [0.5, 0.6) is 0 Å². The van der Waals surface area contributed by atoms with Crippen LogP contribution < -0.4 is 22.9 Å². The molecule has 0 rings (SSSR count). The maximum atomic E-state index is 6.75. The summed E-state index contributed by atoms with van der Waals surface area (Å²) < 4.78 is 0. The topological polar surface area (TPSA) is 339 Å². The summed E-state index contributed by atoms with van der Waals surface area (Å²) in [7, 11) is 0. The summed E-state index contributed by atoms with van der Waals surface area (Å²) in [5.74, 6) is 0. The summed E-state index contributed by atoms with van der Waals surface area (Å²) in [6, 6.07) is 0. The SMILES string of the molecule is NCCN.NCCN.[Cu+2].[Cu+2].[N-]=[N+]=[N-].[N-]=[N+]=[N-].[N-]=[N+]=[N-].[N-]=[N+]=[N-]. The van der Waals surface area contributed by atoms with Crippen molar-refractivity contribution in [2.24, 2.45) is 22.9 Å². The molecule has 0 bridgehead atoms. The fourth-order valence-electron chi connectivity index (χ4n) is 0. The van der Waals surface area contributed by atoms with Gasteiger partial charge >= 0.3 is 34.1 Å². The minimum absolute atomic E-state index is 0. The van der Waals surface area contributed by atoms with Crippen LogP contribution in [0.15, 0.2) is 0 Å². The van der Waals surface area contributed by atoms with Gasteiger partial charge in [-0.3, -0.25) is 19.6 Å². The van der Waals surface area contributed by atoms with E-state index in [1.807, 2.05) is 0 Å². The summed E-state index contributed by atoms with van der Waals surface area (Å²) in [5, 5.41) is 0. The van der Waals surface area contributed by atoms with Crippen molar-refractivity contribution in [1.29, 1.82) is 0 Å². The molecule has 0 spiro atoms. The molecular weight excluding hydrogens is 399 g/mol. The first-order valence-corrected chi connectivity index (χ1v) is 4.23. The van der Waals surface area contributed by atoms with Gasteiger partial charge in [0.2, 0.25) is 0 Å². The number of hydrogen-bond donors (Lipinski definition) is 4. The van der Waals surface area contributed by atoms with Crippen LogP contribution in [-0.2, 0) is 34.1 Å². The molecule has 0 aliphatic rings. The van der Waals surface area contributed by atoms with Crippen molar-refractivity contribution in [3.05, 3.63) is 63.9 Å². The van der Waals surface area contributed by atoms with Crippen LogP contribution in [0.2, 0.25) is 0 Å². The number of rotatable bonds is 2. The van der Waals surface area contributed by atoms with Gasteiger partial charge in [-0.05, 0) is 0 Å². The molecule has 0 unspecified atom stereocenters. The zero-order valence-electron chi connectivity index (χ0n) is 11.1. The Morgan fingerprint density at radius 3 is 0.455 bits per heavy atom. The zero-order chi connectivity index (χ0) is 17.7. The summed E-state index contributed by atoms with van der Waals surface area (Å²) in [5.41, 5.74) is 73.6. The first kappa shape index (κ1) is 50.1. The van der Waals surface area contributed by atoms with E-state index in [4.69, 9.17) is 67.2 Å². The van der Waals surface area contributed by atoms with Crippen molar-refractivity contribution in [3.8, 4) is 0 Å². The predicted molar refractivity (Wildman–Crippen MR) is 76.5 cm³/mol. The van der Waals surface area contributed by atoms with E-state index in [1.165, 1.54) is 19.6 Å². The second-order valence-electron chi connectivity index (χ2n) is 1.51. The van der Waals surface area contributed by atoms with Crippen molar-refractivity contribution in [3.63, 3.8) is 0 Å². The van der Waals surface area contributed by atoms with Crippen LogP contribution in [0.25, 0.3) is 63.9 Å². The molecule has 0 aliphatic heterocycles. The van der Waals surface area contributed by atoms with Crippen molar-refractivity contribution < 1.29 is 34.1 Å². The Hall–Kier alpha value is -1.88. The summed E-state index contributed by atoms with van der Waals surface area (Å²) in [4.78, 5) is 6.00. The summed E-state index contributed by atoms with van der Waals surface area (Å²) in [6.45, 7) is 2.39. The van der Waals surface area contributed by atoms with E-state index >= 15 is 0 Å². The Morgan fingerprint density at radius 2 is 0.455 bits per heavy atom. The standard InChI is InChI=1S/2C2H8N2.2Cu.4N3/c2*3-1-2-4;;;4*1-3-2/h2*1-4H2;;;;;;/q;;2*+2;4*-1. The van der Waals surface area contributed by atoms with E-state index in [1.54, 1.807) is 0 Å². The summed E-state index contributed by atoms with van der Waals surface area (Å²) in [6.07, 6.45) is 0. The molecule has 16 nitrogen and oxygen atoms in total. The van der Waals surface area contributed by atoms with Crippen molar-refractivity contribution in [2.45, 2.75) is 0 Å². The Balaban J connectivity index is -0.0000000176. The average Bonchev–Trinajstić information content (AvgIpc) is 2.42. The quantitative estimate of drug-likeness (QED) is 0.223. The fraction of sp³-hybridized carbons (Fsp3) is 1.00. The largest absolute Gasteiger partial charge is 2.00 e. The van der Waals surface area contributed by atoms with Crippen molar-refractivity contribution in [2.75, 3.05) is 26.2 Å². The van der Waals surface area contributed by atoms with Crippen LogP contribution in [0, 0.1) is 0 Å². The van der Waals surface area contributed by atoms with Gasteiger partial charge in [-0.1, -0.05) is 0 Å². The van der Waals surface area contributed by atoms with Crippen LogP contribution >= 0.6 is 0 Å². The van der Waals surface area contributed by atoms with Crippen LogP contribution in [0.3, 0.4) is 0 Å². The van der Waals surface area contributed by atoms with Gasteiger partial charge in [-0.2, -0.15) is 0 Å². The first-order chi connectivity index (χ1) is 9.49. The van der Waals surface area contributed by atoms with Gasteiger partial charge in [0.1, 0.15) is 0 Å². The molecule has 0 atom stereocenters. The molecule has 18 heteroatoms. The molecule has 22 heavy (non-hydrogen) atoms. The average molecular weight is 415 g/mol. The maximum Gasteiger partial charge on any atom is 2.00 e. The van der Waals surface area contributed by atoms with E-state index in [0.29, 0.717) is 26.2 Å². The van der Waals surface area contributed by atoms with Crippen molar-refractivity contribution >= 4 is 0 Å². The molecule has 2 radical (unpaired) electrons. The molecule has 0 heterocycles. The van der Waals surface area contributed by atoms with E-state index in [0.717, 1.165) is 0 Å². The van der Waals surface area contributed by atoms with Gasteiger partial charge in [0.15, 0.2) is 0 Å². The first-order valence-electron chi connectivity index (χ1n) is 4.23. The van der Waals surface area contributed by atoms with Gasteiger partial charge in [-0.25, -0.2) is 0 Å². The maximum absolute atomic E-state index is 6.75. The zero-order valence-corrected chi connectivity index (χ0v) is 13.0. The van der Waals surface area contributed by atoms with Gasteiger partial charge in [-0.15, -0.1) is 0 Å². The fourth-order valence-corrected chi connectivity index (χ4v) is 0. The monoisotopic (exact) mass is 414 g/mol. The predicted octanol–water partition coefficient (Wildman–Crippen LogP) is 1.27. The second-order valence-corrected chi connectivity index (χ2v) is 1.51. The molecule has 0 aromatic carbocycles. The Morgan fingerprint density at radius 1 is 0.409 bits per heavy atom. The molecule has 0 aromatic heterocycles. The Bertz CT molecular complexity index is 197. The molecule has 0 aromatic rings. The Labute approximate surface area is 147 Å². The van der Waals surface area contributed by atoms with Crippen LogP contribution in [0.4, 0.5) is 0 Å². The van der Waals surface area contributed by atoms with E-state index in [-0.39, 0.29) is 34.1 Å². The van der Waals surface area contributed by atoms with Gasteiger partial charge in [0.05, 0.1) is 0 Å². The minimum atomic E-state index is 0. The van der Waals surface area contributed by atoms with Crippen molar-refractivity contribution in [1.82, 2.24) is 0 Å². The van der Waals surface area contributed by atoms with Gasteiger partial charge in [0, 0.05) is 26.2 Å². The molecular formula is C4H16Cu2N16. The third kappa shape index (κ3) is 375000. The van der Waals surface area contributed by atoms with E-state index in [2.05, 4.69) is 0 Å². The molecule has 0 fully saturated rings. The summed E-state index contributed by atoms with van der Waals surface area (Å²) >= 11 is 0. The van der Waals surface area contributed by atoms with Gasteiger partial charge < -0.3 is 67.2 Å².